The van der Waals surface area contributed by atoms with Gasteiger partial charge in [0.1, 0.15) is 0 Å². The van der Waals surface area contributed by atoms with Gasteiger partial charge in [-0.25, -0.2) is 0 Å². The molecular formula is C24H28N4O2S. The topological polar surface area (TPSA) is 73.0 Å². The second-order valence-electron chi connectivity index (χ2n) is 7.76. The quantitative estimate of drug-likeness (QED) is 0.374. The Labute approximate surface area is 187 Å². The summed E-state index contributed by atoms with van der Waals surface area (Å²) in [6.45, 7) is 3.20. The molecule has 0 saturated heterocycles. The number of hydrogen-bond acceptors (Lipinski definition) is 5. The smallest absolute Gasteiger partial charge is 0.233 e. The molecular weight excluding hydrogens is 408 g/mol. The van der Waals surface area contributed by atoms with E-state index in [9.17, 15) is 4.79 Å². The fraction of sp³-hybridized carbons (Fsp3) is 0.375. The number of hydrogen-bond donors (Lipinski definition) is 1. The summed E-state index contributed by atoms with van der Waals surface area (Å²) in [6.07, 6.45) is 9.78. The highest BCUT2D eigenvalue weighted by Crippen LogP contribution is 2.28. The summed E-state index contributed by atoms with van der Waals surface area (Å²) < 4.78 is 7.57. The zero-order chi connectivity index (χ0) is 21.5. The molecule has 1 aliphatic rings. The Hall–Kier alpha value is -2.80. The maximum Gasteiger partial charge on any atom is 0.233 e. The first kappa shape index (κ1) is 21.4. The van der Waals surface area contributed by atoms with Crippen LogP contribution in [0.3, 0.4) is 0 Å². The van der Waals surface area contributed by atoms with Crippen LogP contribution in [0.15, 0.2) is 70.0 Å². The standard InChI is InChI=1S/C24H28N4O2S/c1-18(23(29)25-15-14-19-9-4-2-5-10-19)31-24-27-26-22(21-13-8-16-30-21)28(24)17-20-11-6-3-7-12-20/h3,6-9,11-13,16,18H,2,4-5,10,14-15,17H2,1H3,(H,25,29)/t18-/m0/s1. The molecule has 0 spiro atoms. The van der Waals surface area contributed by atoms with Gasteiger partial charge in [-0.05, 0) is 56.7 Å². The third kappa shape index (κ3) is 5.67. The van der Waals surface area contributed by atoms with Crippen molar-refractivity contribution >= 4 is 17.7 Å². The normalized spacial score (nSPS) is 14.8. The van der Waals surface area contributed by atoms with Gasteiger partial charge in [0.05, 0.1) is 18.1 Å². The van der Waals surface area contributed by atoms with Gasteiger partial charge in [0.2, 0.25) is 11.7 Å². The van der Waals surface area contributed by atoms with Crippen LogP contribution in [0.5, 0.6) is 0 Å². The largest absolute Gasteiger partial charge is 0.461 e. The Morgan fingerprint density at radius 3 is 2.81 bits per heavy atom. The minimum Gasteiger partial charge on any atom is -0.461 e. The van der Waals surface area contributed by atoms with Crippen LogP contribution in [0.4, 0.5) is 0 Å². The van der Waals surface area contributed by atoms with Gasteiger partial charge in [-0.2, -0.15) is 0 Å². The van der Waals surface area contributed by atoms with Crippen LogP contribution in [-0.2, 0) is 11.3 Å². The lowest BCUT2D eigenvalue weighted by molar-refractivity contribution is -0.120. The fourth-order valence-electron chi connectivity index (χ4n) is 3.71. The zero-order valence-electron chi connectivity index (χ0n) is 17.8. The summed E-state index contributed by atoms with van der Waals surface area (Å²) in [5.41, 5.74) is 2.60. The van der Waals surface area contributed by atoms with Gasteiger partial charge in [-0.1, -0.05) is 53.7 Å². The average Bonchev–Trinajstić information content (AvgIpc) is 3.46. The van der Waals surface area contributed by atoms with Gasteiger partial charge in [0, 0.05) is 6.54 Å². The summed E-state index contributed by atoms with van der Waals surface area (Å²) in [5.74, 6) is 1.34. The molecule has 3 aromatic rings. The molecule has 0 bridgehead atoms. The number of rotatable bonds is 9. The second-order valence-corrected chi connectivity index (χ2v) is 9.07. The number of carbonyl (C=O) groups is 1. The number of aromatic nitrogens is 3. The van der Waals surface area contributed by atoms with Gasteiger partial charge in [-0.15, -0.1) is 10.2 Å². The van der Waals surface area contributed by atoms with Crippen molar-refractivity contribution in [2.24, 2.45) is 0 Å². The van der Waals surface area contributed by atoms with E-state index in [0.29, 0.717) is 29.8 Å². The molecule has 0 saturated carbocycles. The second kappa shape index (κ2) is 10.5. The van der Waals surface area contributed by atoms with Crippen molar-refractivity contribution in [3.63, 3.8) is 0 Å². The van der Waals surface area contributed by atoms with Crippen molar-refractivity contribution in [3.05, 3.63) is 65.9 Å². The van der Waals surface area contributed by atoms with Crippen LogP contribution in [0.25, 0.3) is 11.6 Å². The number of amides is 1. The third-order valence-electron chi connectivity index (χ3n) is 5.42. The minimum atomic E-state index is -0.275. The summed E-state index contributed by atoms with van der Waals surface area (Å²) in [5, 5.41) is 12.2. The van der Waals surface area contributed by atoms with Gasteiger partial charge < -0.3 is 9.73 Å². The molecule has 2 aromatic heterocycles. The van der Waals surface area contributed by atoms with E-state index in [1.165, 1.54) is 43.0 Å². The lowest BCUT2D eigenvalue weighted by Gasteiger charge is -2.15. The van der Waals surface area contributed by atoms with E-state index in [1.807, 2.05) is 41.8 Å². The maximum atomic E-state index is 12.7. The van der Waals surface area contributed by atoms with Crippen LogP contribution < -0.4 is 5.32 Å². The van der Waals surface area contributed by atoms with Crippen molar-refractivity contribution in [1.82, 2.24) is 20.1 Å². The molecule has 1 atom stereocenters. The predicted octanol–water partition coefficient (Wildman–Crippen LogP) is 5.07. The molecule has 31 heavy (non-hydrogen) atoms. The Bertz CT molecular complexity index is 1010. The molecule has 1 aromatic carbocycles. The number of allylic oxidation sites excluding steroid dienone is 1. The predicted molar refractivity (Wildman–Crippen MR) is 123 cm³/mol. The fourth-order valence-corrected chi connectivity index (χ4v) is 4.58. The maximum absolute atomic E-state index is 12.7. The first-order valence-corrected chi connectivity index (χ1v) is 11.7. The van der Waals surface area contributed by atoms with Crippen molar-refractivity contribution in [3.8, 4) is 11.6 Å². The van der Waals surface area contributed by atoms with Crippen molar-refractivity contribution < 1.29 is 9.21 Å². The van der Waals surface area contributed by atoms with E-state index >= 15 is 0 Å². The number of nitrogens with one attached hydrogen (secondary N) is 1. The van der Waals surface area contributed by atoms with Crippen molar-refractivity contribution in [2.75, 3.05) is 6.54 Å². The Morgan fingerprint density at radius 2 is 2.06 bits per heavy atom. The highest BCUT2D eigenvalue weighted by atomic mass is 32.2. The number of nitrogens with zero attached hydrogens (tertiary/aromatic N) is 3. The molecule has 1 aliphatic carbocycles. The molecule has 7 heteroatoms. The Kier molecular flexibility index (Phi) is 7.25. The van der Waals surface area contributed by atoms with E-state index in [1.54, 1.807) is 6.26 Å². The monoisotopic (exact) mass is 436 g/mol. The van der Waals surface area contributed by atoms with E-state index < -0.39 is 0 Å². The summed E-state index contributed by atoms with van der Waals surface area (Å²) in [6, 6.07) is 13.9. The van der Waals surface area contributed by atoms with E-state index in [4.69, 9.17) is 4.42 Å². The number of furan rings is 1. The van der Waals surface area contributed by atoms with E-state index in [0.717, 1.165) is 12.0 Å². The average molecular weight is 437 g/mol. The molecule has 0 fully saturated rings. The zero-order valence-corrected chi connectivity index (χ0v) is 18.6. The first-order valence-electron chi connectivity index (χ1n) is 10.8. The number of carbonyl (C=O) groups excluding carboxylic acids is 1. The van der Waals surface area contributed by atoms with Crippen LogP contribution >= 0.6 is 11.8 Å². The molecule has 0 radical (unpaired) electrons. The third-order valence-corrected chi connectivity index (χ3v) is 6.50. The first-order chi connectivity index (χ1) is 15.2. The summed E-state index contributed by atoms with van der Waals surface area (Å²) >= 11 is 1.42. The summed E-state index contributed by atoms with van der Waals surface area (Å²) in [7, 11) is 0. The van der Waals surface area contributed by atoms with Crippen LogP contribution in [0.1, 0.15) is 44.6 Å². The highest BCUT2D eigenvalue weighted by molar-refractivity contribution is 8.00. The van der Waals surface area contributed by atoms with Crippen molar-refractivity contribution in [1.29, 1.82) is 0 Å². The van der Waals surface area contributed by atoms with Gasteiger partial charge in [-0.3, -0.25) is 9.36 Å². The lowest BCUT2D eigenvalue weighted by Crippen LogP contribution is -2.32. The van der Waals surface area contributed by atoms with Gasteiger partial charge in [0.15, 0.2) is 10.9 Å². The van der Waals surface area contributed by atoms with Crippen LogP contribution in [0, 0.1) is 0 Å². The Balaban J connectivity index is 1.43. The van der Waals surface area contributed by atoms with Crippen molar-refractivity contribution in [2.45, 2.75) is 56.0 Å². The van der Waals surface area contributed by atoms with Crippen LogP contribution in [-0.4, -0.2) is 32.5 Å². The van der Waals surface area contributed by atoms with Gasteiger partial charge >= 0.3 is 0 Å². The lowest BCUT2D eigenvalue weighted by atomic mass is 9.97. The summed E-state index contributed by atoms with van der Waals surface area (Å²) in [4.78, 5) is 12.7. The van der Waals surface area contributed by atoms with E-state index in [-0.39, 0.29) is 11.2 Å². The molecule has 162 valence electrons. The van der Waals surface area contributed by atoms with Crippen LogP contribution in [0.2, 0.25) is 0 Å². The highest BCUT2D eigenvalue weighted by Gasteiger charge is 2.22. The molecule has 1 amide bonds. The molecule has 1 N–H and O–H groups in total. The molecule has 0 aliphatic heterocycles. The minimum absolute atomic E-state index is 0.0234. The van der Waals surface area contributed by atoms with E-state index in [2.05, 4.69) is 33.7 Å². The van der Waals surface area contributed by atoms with Gasteiger partial charge in [0.25, 0.3) is 0 Å². The molecule has 0 unspecified atom stereocenters. The number of benzene rings is 1. The molecule has 4 rings (SSSR count). The molecule has 2 heterocycles. The SMILES string of the molecule is C[C@H](Sc1nnc(-c2ccco2)n1Cc1ccccc1)C(=O)NCCC1=CCCCC1. The molecule has 6 nitrogen and oxygen atoms in total. The number of thioether (sulfide) groups is 1. The Morgan fingerprint density at radius 1 is 1.19 bits per heavy atom.